The van der Waals surface area contributed by atoms with Crippen LogP contribution >= 0.6 is 0 Å². The highest BCUT2D eigenvalue weighted by Crippen LogP contribution is 2.02. The van der Waals surface area contributed by atoms with Gasteiger partial charge in [0.2, 0.25) is 0 Å². The molecule has 172 valence electrons. The van der Waals surface area contributed by atoms with Crippen LogP contribution in [0.2, 0.25) is 0 Å². The Bertz CT molecular complexity index is 421. The smallest absolute Gasteiger partial charge is 0.335 e. The summed E-state index contributed by atoms with van der Waals surface area (Å²) in [5.74, 6) is -7.07. The van der Waals surface area contributed by atoms with Crippen molar-refractivity contribution < 1.29 is 70.2 Å². The Morgan fingerprint density at radius 1 is 0.621 bits per heavy atom. The molecule has 0 saturated carbocycles. The van der Waals surface area contributed by atoms with E-state index in [9.17, 15) is 19.2 Å². The molecule has 10 N–H and O–H groups in total. The van der Waals surface area contributed by atoms with Gasteiger partial charge in [0.25, 0.3) is 0 Å². The molecule has 0 fully saturated rings. The summed E-state index contributed by atoms with van der Waals surface area (Å²) in [5, 5.41) is 82.4. The first-order chi connectivity index (χ1) is 13.2. The molecule has 0 spiro atoms. The Balaban J connectivity index is -0.000000350. The maximum absolute atomic E-state index is 9.77. The van der Waals surface area contributed by atoms with Crippen molar-refractivity contribution >= 4 is 23.9 Å². The minimum atomic E-state index is -2.27. The highest BCUT2D eigenvalue weighted by atomic mass is 16.4. The quantitative estimate of drug-likeness (QED) is 0.153. The Kier molecular flexibility index (Phi) is 19.1. The molecule has 0 aliphatic rings. The van der Waals surface area contributed by atoms with Crippen LogP contribution in [-0.2, 0) is 19.2 Å². The molecule has 0 aromatic carbocycles. The van der Waals surface area contributed by atoms with Crippen LogP contribution in [0.15, 0.2) is 0 Å². The van der Waals surface area contributed by atoms with E-state index in [1.54, 1.807) is 0 Å². The van der Waals surface area contributed by atoms with Gasteiger partial charge in [0, 0.05) is 6.61 Å². The number of hydrogen-bond donors (Lipinski definition) is 10. The molecular weight excluding hydrogens is 404 g/mol. The zero-order valence-electron chi connectivity index (χ0n) is 15.5. The number of hydrogen-bond acceptors (Lipinski definition) is 10. The zero-order valence-corrected chi connectivity index (χ0v) is 15.5. The van der Waals surface area contributed by atoms with E-state index in [2.05, 4.69) is 6.92 Å². The van der Waals surface area contributed by atoms with E-state index in [1.807, 2.05) is 0 Å². The van der Waals surface area contributed by atoms with Crippen molar-refractivity contribution in [3.8, 4) is 0 Å². The van der Waals surface area contributed by atoms with Crippen molar-refractivity contribution in [2.75, 3.05) is 6.61 Å². The van der Waals surface area contributed by atoms with Crippen molar-refractivity contribution in [2.24, 2.45) is 0 Å². The molecule has 0 heterocycles. The molecule has 0 aliphatic carbocycles. The van der Waals surface area contributed by atoms with Crippen LogP contribution in [0, 0.1) is 0 Å². The van der Waals surface area contributed by atoms with Crippen LogP contribution in [0.3, 0.4) is 0 Å². The normalized spacial score (nSPS) is 15.1. The third-order valence-corrected chi connectivity index (χ3v) is 2.96. The maximum Gasteiger partial charge on any atom is 0.335 e. The molecule has 0 bridgehead atoms. The second kappa shape index (κ2) is 17.7. The second-order valence-electron chi connectivity index (χ2n) is 5.44. The van der Waals surface area contributed by atoms with Gasteiger partial charge < -0.3 is 51.1 Å². The van der Waals surface area contributed by atoms with Crippen LogP contribution in [0.25, 0.3) is 0 Å². The van der Waals surface area contributed by atoms with Gasteiger partial charge in [0.1, 0.15) is 0 Å². The largest absolute Gasteiger partial charge is 0.479 e. The van der Waals surface area contributed by atoms with Crippen LogP contribution in [0.4, 0.5) is 0 Å². The van der Waals surface area contributed by atoms with E-state index in [-0.39, 0.29) is 12.7 Å². The van der Waals surface area contributed by atoms with Crippen molar-refractivity contribution in [3.05, 3.63) is 0 Å². The number of unbranched alkanes of at least 4 members (excludes halogenated alkanes) is 1. The molecule has 0 amide bonds. The van der Waals surface area contributed by atoms with E-state index in [0.29, 0.717) is 6.42 Å². The van der Waals surface area contributed by atoms with Gasteiger partial charge in [0.05, 0.1) is 6.10 Å². The van der Waals surface area contributed by atoms with E-state index in [4.69, 9.17) is 51.1 Å². The van der Waals surface area contributed by atoms with Gasteiger partial charge in [0.15, 0.2) is 24.4 Å². The summed E-state index contributed by atoms with van der Waals surface area (Å²) in [6.45, 7) is 2.19. The fraction of sp³-hybridized carbons (Fsp3) is 0.733. The molecule has 0 rings (SSSR count). The highest BCUT2D eigenvalue weighted by molar-refractivity contribution is 5.83. The van der Waals surface area contributed by atoms with Gasteiger partial charge in [-0.2, -0.15) is 0 Å². The number of carboxylic acids is 4. The Morgan fingerprint density at radius 2 is 0.897 bits per heavy atom. The Hall–Kier alpha value is -2.36. The molecular formula is C15H28O14. The fourth-order valence-electron chi connectivity index (χ4n) is 1.27. The molecule has 29 heavy (non-hydrogen) atoms. The predicted molar refractivity (Wildman–Crippen MR) is 91.8 cm³/mol. The molecule has 0 aromatic rings. The lowest BCUT2D eigenvalue weighted by atomic mass is 10.1. The summed E-state index contributed by atoms with van der Waals surface area (Å²) in [5.41, 5.74) is 0. The van der Waals surface area contributed by atoms with Crippen molar-refractivity contribution in [3.63, 3.8) is 0 Å². The number of aliphatic carboxylic acids is 4. The van der Waals surface area contributed by atoms with Gasteiger partial charge in [-0.1, -0.05) is 19.8 Å². The van der Waals surface area contributed by atoms with E-state index < -0.39 is 48.3 Å². The summed E-state index contributed by atoms with van der Waals surface area (Å²) >= 11 is 0. The number of rotatable bonds is 11. The minimum absolute atomic E-state index is 0.102. The summed E-state index contributed by atoms with van der Waals surface area (Å²) in [7, 11) is 0. The van der Waals surface area contributed by atoms with Gasteiger partial charge in [-0.3, -0.25) is 0 Å². The molecule has 5 unspecified atom stereocenters. The molecule has 0 radical (unpaired) electrons. The van der Waals surface area contributed by atoms with Crippen molar-refractivity contribution in [1.29, 1.82) is 0 Å². The first-order valence-corrected chi connectivity index (χ1v) is 8.16. The van der Waals surface area contributed by atoms with E-state index in [1.165, 1.54) is 0 Å². The molecule has 5 atom stereocenters. The lowest BCUT2D eigenvalue weighted by Crippen LogP contribution is -2.39. The van der Waals surface area contributed by atoms with Gasteiger partial charge in [-0.15, -0.1) is 0 Å². The lowest BCUT2D eigenvalue weighted by molar-refractivity contribution is -0.165. The summed E-state index contributed by atoms with van der Waals surface area (Å²) in [4.78, 5) is 39.1. The Morgan fingerprint density at radius 3 is 1.07 bits per heavy atom. The average Bonchev–Trinajstić information content (AvgIpc) is 2.64. The summed E-state index contributed by atoms with van der Waals surface area (Å²) < 4.78 is 0. The summed E-state index contributed by atoms with van der Waals surface area (Å²) in [6.07, 6.45) is -5.82. The lowest BCUT2D eigenvalue weighted by Gasteiger charge is -2.07. The molecule has 0 aromatic heterocycles. The monoisotopic (exact) mass is 432 g/mol. The van der Waals surface area contributed by atoms with Gasteiger partial charge in [-0.25, -0.2) is 19.2 Å². The van der Waals surface area contributed by atoms with Crippen LogP contribution in [0.1, 0.15) is 32.6 Å². The number of aliphatic hydroxyl groups is 6. The molecule has 0 saturated heterocycles. The van der Waals surface area contributed by atoms with Crippen LogP contribution in [-0.4, -0.2) is 112 Å². The van der Waals surface area contributed by atoms with Crippen LogP contribution in [0.5, 0.6) is 0 Å². The zero-order chi connectivity index (χ0) is 23.7. The van der Waals surface area contributed by atoms with Crippen LogP contribution < -0.4 is 0 Å². The standard InChI is InChI=1S/C7H16O2.2C4H6O6/c1-2-3-4-7(9)5-6-8;2*5-1(3(7)8)2(6)4(9)10/h7-9H,2-6H2,1H3;2*1-2,5-6H,(H,7,8)(H,9,10). The van der Waals surface area contributed by atoms with E-state index in [0.717, 1.165) is 19.3 Å². The maximum atomic E-state index is 9.77. The van der Waals surface area contributed by atoms with Crippen molar-refractivity contribution in [2.45, 2.75) is 63.1 Å². The van der Waals surface area contributed by atoms with E-state index >= 15 is 0 Å². The first kappa shape index (κ1) is 31.3. The third kappa shape index (κ3) is 17.5. The fourth-order valence-corrected chi connectivity index (χ4v) is 1.27. The topological polar surface area (TPSA) is 271 Å². The van der Waals surface area contributed by atoms with Gasteiger partial charge in [-0.05, 0) is 12.8 Å². The number of carboxylic acid groups (broad SMARTS) is 4. The number of aliphatic hydroxyl groups excluding tert-OH is 6. The minimum Gasteiger partial charge on any atom is -0.479 e. The first-order valence-electron chi connectivity index (χ1n) is 8.16. The second-order valence-corrected chi connectivity index (χ2v) is 5.44. The Labute approximate surface area is 164 Å². The SMILES string of the molecule is CCCCC(O)CCO.O=C(O)C(O)C(O)C(=O)O.O=C(O)C(O)C(O)C(=O)O. The average molecular weight is 432 g/mol. The summed E-state index contributed by atoms with van der Waals surface area (Å²) in [6, 6.07) is 0. The van der Waals surface area contributed by atoms with Gasteiger partial charge >= 0.3 is 23.9 Å². The number of carbonyl (C=O) groups is 4. The molecule has 14 heteroatoms. The molecule has 0 aliphatic heterocycles. The van der Waals surface area contributed by atoms with Crippen molar-refractivity contribution in [1.82, 2.24) is 0 Å². The third-order valence-electron chi connectivity index (χ3n) is 2.96. The molecule has 14 nitrogen and oxygen atoms in total. The highest BCUT2D eigenvalue weighted by Gasteiger charge is 2.30. The predicted octanol–water partition coefficient (Wildman–Crippen LogP) is -3.33.